The number of rotatable bonds is 5. The second-order valence-electron chi connectivity index (χ2n) is 9.36. The predicted molar refractivity (Wildman–Crippen MR) is 133 cm³/mol. The van der Waals surface area contributed by atoms with Crippen LogP contribution in [-0.4, -0.2) is 51.1 Å². The summed E-state index contributed by atoms with van der Waals surface area (Å²) < 4.78 is 2.11. The monoisotopic (exact) mass is 482 g/mol. The molecule has 1 aromatic carbocycles. The molecule has 8 nitrogen and oxygen atoms in total. The molecule has 1 aliphatic heterocycles. The molecule has 1 saturated carbocycles. The summed E-state index contributed by atoms with van der Waals surface area (Å²) >= 11 is 1.44. The lowest BCUT2D eigenvalue weighted by atomic mass is 9.96. The average Bonchev–Trinajstić information content (AvgIpc) is 3.41. The van der Waals surface area contributed by atoms with E-state index in [-0.39, 0.29) is 17.6 Å². The number of amides is 1. The number of nitrogens with zero attached hydrogens (tertiary/aromatic N) is 3. The Bertz CT molecular complexity index is 1220. The van der Waals surface area contributed by atoms with E-state index in [9.17, 15) is 19.8 Å². The molecular formula is C25H30N4O4S. The van der Waals surface area contributed by atoms with Crippen molar-refractivity contribution in [3.05, 3.63) is 40.4 Å². The van der Waals surface area contributed by atoms with Gasteiger partial charge in [0.05, 0.1) is 34.0 Å². The standard InChI is InChI=1S/C25H30N4O4S/c1-15-19-14-22(34-24(19)29(27-15)17-5-3-2-4-6-17)23(31)26-16-7-8-21(20(13-16)25(32)33)28-11-9-18(30)10-12-28/h7-8,13-14,17-18,30H,2-6,9-12H2,1H3,(H,26,31)(H,32,33). The summed E-state index contributed by atoms with van der Waals surface area (Å²) in [7, 11) is 0. The van der Waals surface area contributed by atoms with Gasteiger partial charge >= 0.3 is 5.97 Å². The molecule has 0 radical (unpaired) electrons. The van der Waals surface area contributed by atoms with Crippen molar-refractivity contribution in [3.8, 4) is 0 Å². The van der Waals surface area contributed by atoms with Gasteiger partial charge in [0.25, 0.3) is 5.91 Å². The van der Waals surface area contributed by atoms with E-state index < -0.39 is 5.97 Å². The number of carbonyl (C=O) groups excluding carboxylic acids is 1. The van der Waals surface area contributed by atoms with Gasteiger partial charge in [0.15, 0.2) is 0 Å². The van der Waals surface area contributed by atoms with Crippen LogP contribution in [0.15, 0.2) is 24.3 Å². The van der Waals surface area contributed by atoms with E-state index in [0.717, 1.165) is 28.8 Å². The molecule has 2 aromatic heterocycles. The van der Waals surface area contributed by atoms with Crippen LogP contribution in [0.25, 0.3) is 10.2 Å². The lowest BCUT2D eigenvalue weighted by Gasteiger charge is -2.32. The number of aryl methyl sites for hydroxylation is 1. The largest absolute Gasteiger partial charge is 0.478 e. The molecule has 1 aliphatic carbocycles. The summed E-state index contributed by atoms with van der Waals surface area (Å²) in [5.41, 5.74) is 2.14. The van der Waals surface area contributed by atoms with Gasteiger partial charge in [-0.15, -0.1) is 11.3 Å². The number of fused-ring (bicyclic) bond motifs is 1. The van der Waals surface area contributed by atoms with Gasteiger partial charge in [-0.3, -0.25) is 9.48 Å². The molecule has 180 valence electrons. The van der Waals surface area contributed by atoms with Crippen LogP contribution in [-0.2, 0) is 0 Å². The molecule has 5 rings (SSSR count). The Morgan fingerprint density at radius 1 is 1.09 bits per heavy atom. The fourth-order valence-corrected chi connectivity index (χ4v) is 6.25. The maximum atomic E-state index is 13.1. The summed E-state index contributed by atoms with van der Waals surface area (Å²) in [5, 5.41) is 28.2. The first-order valence-corrected chi connectivity index (χ1v) is 12.8. The van der Waals surface area contributed by atoms with Gasteiger partial charge in [-0.05, 0) is 56.9 Å². The van der Waals surface area contributed by atoms with Crippen LogP contribution in [0, 0.1) is 6.92 Å². The summed E-state index contributed by atoms with van der Waals surface area (Å²) in [4.78, 5) is 28.6. The van der Waals surface area contributed by atoms with Gasteiger partial charge < -0.3 is 20.4 Å². The van der Waals surface area contributed by atoms with Crippen LogP contribution in [0.3, 0.4) is 0 Å². The topological polar surface area (TPSA) is 108 Å². The van der Waals surface area contributed by atoms with Crippen LogP contribution in [0.4, 0.5) is 11.4 Å². The number of hydrogen-bond donors (Lipinski definition) is 3. The SMILES string of the molecule is Cc1nn(C2CCCCC2)c2sc(C(=O)Nc3ccc(N4CCC(O)CC4)c(C(=O)O)c3)cc12. The van der Waals surface area contributed by atoms with E-state index in [1.165, 1.54) is 36.7 Å². The highest BCUT2D eigenvalue weighted by atomic mass is 32.1. The van der Waals surface area contributed by atoms with Crippen molar-refractivity contribution in [3.63, 3.8) is 0 Å². The molecule has 0 unspecified atom stereocenters. The number of carboxylic acids is 1. The van der Waals surface area contributed by atoms with Crippen molar-refractivity contribution in [2.45, 2.75) is 64.0 Å². The molecule has 3 N–H and O–H groups in total. The second-order valence-corrected chi connectivity index (χ2v) is 10.4. The van der Waals surface area contributed by atoms with Crippen LogP contribution in [0.5, 0.6) is 0 Å². The summed E-state index contributed by atoms with van der Waals surface area (Å²) in [6.07, 6.45) is 6.83. The summed E-state index contributed by atoms with van der Waals surface area (Å²) in [5.74, 6) is -1.29. The van der Waals surface area contributed by atoms with Gasteiger partial charge in [0.2, 0.25) is 0 Å². The second kappa shape index (κ2) is 9.38. The number of carbonyl (C=O) groups is 2. The van der Waals surface area contributed by atoms with Gasteiger partial charge in [0, 0.05) is 24.2 Å². The molecule has 3 heterocycles. The van der Waals surface area contributed by atoms with E-state index in [2.05, 4.69) is 10.00 Å². The Kier molecular flexibility index (Phi) is 6.31. The molecule has 2 fully saturated rings. The molecule has 0 bridgehead atoms. The first-order valence-electron chi connectivity index (χ1n) is 12.0. The predicted octanol–water partition coefficient (Wildman–Crippen LogP) is 4.82. The van der Waals surface area contributed by atoms with Crippen LogP contribution in [0.2, 0.25) is 0 Å². The molecule has 9 heteroatoms. The number of carboxylic acid groups (broad SMARTS) is 1. The molecule has 34 heavy (non-hydrogen) atoms. The maximum Gasteiger partial charge on any atom is 0.337 e. The number of hydrogen-bond acceptors (Lipinski definition) is 6. The smallest absolute Gasteiger partial charge is 0.337 e. The van der Waals surface area contributed by atoms with Crippen LogP contribution < -0.4 is 10.2 Å². The highest BCUT2D eigenvalue weighted by molar-refractivity contribution is 7.20. The number of aliphatic hydroxyl groups excluding tert-OH is 1. The van der Waals surface area contributed by atoms with E-state index >= 15 is 0 Å². The Hall–Kier alpha value is -2.91. The van der Waals surface area contributed by atoms with Crippen molar-refractivity contribution >= 4 is 44.8 Å². The Balaban J connectivity index is 1.37. The zero-order valence-corrected chi connectivity index (χ0v) is 20.1. The number of anilines is 2. The number of aromatic carboxylic acids is 1. The van der Waals surface area contributed by atoms with Crippen molar-refractivity contribution in [2.75, 3.05) is 23.3 Å². The summed E-state index contributed by atoms with van der Waals surface area (Å²) in [6.45, 7) is 3.19. The third kappa shape index (κ3) is 4.42. The van der Waals surface area contributed by atoms with Gasteiger partial charge in [-0.2, -0.15) is 5.10 Å². The van der Waals surface area contributed by atoms with Crippen LogP contribution >= 0.6 is 11.3 Å². The highest BCUT2D eigenvalue weighted by Gasteiger charge is 2.24. The number of nitrogens with one attached hydrogen (secondary N) is 1. The lowest BCUT2D eigenvalue weighted by molar-refractivity contribution is 0.0697. The number of aromatic nitrogens is 2. The van der Waals surface area contributed by atoms with E-state index in [1.807, 2.05) is 17.9 Å². The van der Waals surface area contributed by atoms with Crippen molar-refractivity contribution in [1.82, 2.24) is 9.78 Å². The van der Waals surface area contributed by atoms with E-state index in [1.54, 1.807) is 12.1 Å². The van der Waals surface area contributed by atoms with Crippen molar-refractivity contribution in [2.24, 2.45) is 0 Å². The maximum absolute atomic E-state index is 13.1. The number of thiophene rings is 1. The fourth-order valence-electron chi connectivity index (χ4n) is 5.12. The number of aliphatic hydroxyl groups is 1. The number of benzene rings is 1. The minimum absolute atomic E-state index is 0.148. The Morgan fingerprint density at radius 2 is 1.82 bits per heavy atom. The average molecular weight is 483 g/mol. The zero-order chi connectivity index (χ0) is 23.8. The minimum Gasteiger partial charge on any atom is -0.478 e. The van der Waals surface area contributed by atoms with Crippen molar-refractivity contribution in [1.29, 1.82) is 0 Å². The zero-order valence-electron chi connectivity index (χ0n) is 19.3. The van der Waals surface area contributed by atoms with Gasteiger partial charge in [-0.25, -0.2) is 4.79 Å². The normalized spacial score (nSPS) is 17.9. The van der Waals surface area contributed by atoms with Gasteiger partial charge in [-0.1, -0.05) is 19.3 Å². The summed E-state index contributed by atoms with van der Waals surface area (Å²) in [6, 6.07) is 7.28. The Morgan fingerprint density at radius 3 is 2.53 bits per heavy atom. The fraction of sp³-hybridized carbons (Fsp3) is 0.480. The van der Waals surface area contributed by atoms with Crippen LogP contribution in [0.1, 0.15) is 76.7 Å². The molecule has 1 saturated heterocycles. The molecule has 0 atom stereocenters. The Labute approximate surface area is 202 Å². The molecular weight excluding hydrogens is 452 g/mol. The molecule has 2 aliphatic rings. The number of piperidine rings is 1. The minimum atomic E-state index is -1.04. The first-order chi connectivity index (χ1) is 16.4. The third-order valence-corrected chi connectivity index (χ3v) is 8.13. The third-order valence-electron chi connectivity index (χ3n) is 7.00. The van der Waals surface area contributed by atoms with E-state index in [0.29, 0.717) is 48.2 Å². The molecule has 0 spiro atoms. The molecule has 1 amide bonds. The lowest BCUT2D eigenvalue weighted by Crippen LogP contribution is -2.36. The van der Waals surface area contributed by atoms with Gasteiger partial charge in [0.1, 0.15) is 4.83 Å². The quantitative estimate of drug-likeness (QED) is 0.481. The molecule has 3 aromatic rings. The highest BCUT2D eigenvalue weighted by Crippen LogP contribution is 2.36. The van der Waals surface area contributed by atoms with Crippen molar-refractivity contribution < 1.29 is 19.8 Å². The van der Waals surface area contributed by atoms with E-state index in [4.69, 9.17) is 5.10 Å². The first kappa shape index (κ1) is 22.9.